The van der Waals surface area contributed by atoms with E-state index in [1.165, 1.54) is 10.6 Å². The van der Waals surface area contributed by atoms with E-state index in [0.29, 0.717) is 31.6 Å². The van der Waals surface area contributed by atoms with Crippen LogP contribution >= 0.6 is 0 Å². The normalized spacial score (nSPS) is 17.1. The van der Waals surface area contributed by atoms with Gasteiger partial charge in [-0.3, -0.25) is 9.78 Å². The van der Waals surface area contributed by atoms with E-state index in [1.807, 2.05) is 31.2 Å². The Bertz CT molecular complexity index is 872. The van der Waals surface area contributed by atoms with Crippen LogP contribution in [0.15, 0.2) is 30.5 Å². The molecule has 1 saturated heterocycles. The molecule has 1 aliphatic heterocycles. The first kappa shape index (κ1) is 16.9. The largest absolute Gasteiger partial charge is 0.324 e. The van der Waals surface area contributed by atoms with Crippen LogP contribution < -0.4 is 5.32 Å². The summed E-state index contributed by atoms with van der Waals surface area (Å²) >= 11 is 0. The first-order chi connectivity index (χ1) is 11.3. The van der Waals surface area contributed by atoms with Gasteiger partial charge < -0.3 is 5.32 Å². The molecule has 24 heavy (non-hydrogen) atoms. The molecule has 3 rings (SSSR count). The number of nitrogens with one attached hydrogen (secondary N) is 1. The van der Waals surface area contributed by atoms with E-state index in [2.05, 4.69) is 10.3 Å². The number of carbonyl (C=O) groups excluding carboxylic acids is 1. The number of benzene rings is 1. The summed E-state index contributed by atoms with van der Waals surface area (Å²) in [5, 5.41) is 3.97. The minimum absolute atomic E-state index is 0.0688. The Labute approximate surface area is 141 Å². The van der Waals surface area contributed by atoms with Crippen molar-refractivity contribution in [2.24, 2.45) is 5.92 Å². The zero-order chi connectivity index (χ0) is 17.3. The second-order valence-electron chi connectivity index (χ2n) is 6.31. The summed E-state index contributed by atoms with van der Waals surface area (Å²) in [5.41, 5.74) is 2.53. The number of aryl methyl sites for hydroxylation is 1. The molecule has 2 aromatic rings. The third kappa shape index (κ3) is 3.57. The van der Waals surface area contributed by atoms with Crippen molar-refractivity contribution >= 4 is 32.5 Å². The van der Waals surface area contributed by atoms with Gasteiger partial charge in [-0.2, -0.15) is 0 Å². The van der Waals surface area contributed by atoms with Crippen LogP contribution in [-0.2, 0) is 14.8 Å². The lowest BCUT2D eigenvalue weighted by molar-refractivity contribution is -0.120. The number of hydrogen-bond donors (Lipinski definition) is 1. The van der Waals surface area contributed by atoms with Crippen molar-refractivity contribution < 1.29 is 13.2 Å². The Hall–Kier alpha value is -1.99. The second-order valence-corrected chi connectivity index (χ2v) is 8.30. The number of pyridine rings is 1. The topological polar surface area (TPSA) is 79.4 Å². The molecule has 0 spiro atoms. The highest BCUT2D eigenvalue weighted by atomic mass is 32.2. The molecule has 0 atom stereocenters. The van der Waals surface area contributed by atoms with Gasteiger partial charge in [0.05, 0.1) is 17.5 Å². The number of fused-ring (bicyclic) bond motifs is 1. The van der Waals surface area contributed by atoms with Crippen LogP contribution in [0.3, 0.4) is 0 Å². The summed E-state index contributed by atoms with van der Waals surface area (Å²) in [7, 11) is -3.18. The minimum atomic E-state index is -3.18. The third-order valence-corrected chi connectivity index (χ3v) is 5.70. The number of rotatable bonds is 3. The Morgan fingerprint density at radius 2 is 2.00 bits per heavy atom. The summed E-state index contributed by atoms with van der Waals surface area (Å²) in [6.07, 6.45) is 3.99. The molecule has 0 saturated carbocycles. The molecular weight excluding hydrogens is 326 g/mol. The average Bonchev–Trinajstić information content (AvgIpc) is 2.54. The maximum absolute atomic E-state index is 12.6. The van der Waals surface area contributed by atoms with Crippen LogP contribution in [0.2, 0.25) is 0 Å². The van der Waals surface area contributed by atoms with Crippen LogP contribution in [0.1, 0.15) is 18.4 Å². The highest BCUT2D eigenvalue weighted by Crippen LogP contribution is 2.26. The number of carbonyl (C=O) groups is 1. The number of hydrogen-bond acceptors (Lipinski definition) is 4. The van der Waals surface area contributed by atoms with E-state index in [9.17, 15) is 13.2 Å². The fourth-order valence-corrected chi connectivity index (χ4v) is 4.00. The molecular formula is C17H21N3O3S. The first-order valence-corrected chi connectivity index (χ1v) is 9.81. The summed E-state index contributed by atoms with van der Waals surface area (Å²) in [6, 6.07) is 7.78. The van der Waals surface area contributed by atoms with Gasteiger partial charge in [0.1, 0.15) is 0 Å². The SMILES string of the molecule is Cc1cc(NC(=O)C2CCN(S(C)(=O)=O)CC2)c2ncccc2c1. The van der Waals surface area contributed by atoms with Gasteiger partial charge in [-0.05, 0) is 43.5 Å². The lowest BCUT2D eigenvalue weighted by Gasteiger charge is -2.29. The smallest absolute Gasteiger partial charge is 0.227 e. The fraction of sp³-hybridized carbons (Fsp3) is 0.412. The lowest BCUT2D eigenvalue weighted by atomic mass is 9.97. The van der Waals surface area contributed by atoms with Gasteiger partial charge in [-0.15, -0.1) is 0 Å². The van der Waals surface area contributed by atoms with Crippen molar-refractivity contribution in [2.75, 3.05) is 24.7 Å². The average molecular weight is 347 g/mol. The molecule has 0 unspecified atom stereocenters. The monoisotopic (exact) mass is 347 g/mol. The number of aromatic nitrogens is 1. The van der Waals surface area contributed by atoms with Crippen LogP contribution in [0.25, 0.3) is 10.9 Å². The lowest BCUT2D eigenvalue weighted by Crippen LogP contribution is -2.40. The molecule has 1 N–H and O–H groups in total. The van der Waals surface area contributed by atoms with Gasteiger partial charge in [0.15, 0.2) is 0 Å². The first-order valence-electron chi connectivity index (χ1n) is 7.96. The predicted molar refractivity (Wildman–Crippen MR) is 94.3 cm³/mol. The van der Waals surface area contributed by atoms with Crippen molar-refractivity contribution in [3.05, 3.63) is 36.0 Å². The van der Waals surface area contributed by atoms with Crippen LogP contribution in [0.5, 0.6) is 0 Å². The molecule has 128 valence electrons. The van der Waals surface area contributed by atoms with Crippen LogP contribution in [-0.4, -0.2) is 43.0 Å². The van der Waals surface area contributed by atoms with Gasteiger partial charge in [0.25, 0.3) is 0 Å². The Morgan fingerprint density at radius 1 is 1.29 bits per heavy atom. The van der Waals surface area contributed by atoms with Gasteiger partial charge in [-0.1, -0.05) is 6.07 Å². The molecule has 1 aliphatic rings. The summed E-state index contributed by atoms with van der Waals surface area (Å²) in [4.78, 5) is 16.9. The zero-order valence-electron chi connectivity index (χ0n) is 13.8. The third-order valence-electron chi connectivity index (χ3n) is 4.40. The summed E-state index contributed by atoms with van der Waals surface area (Å²) in [6.45, 7) is 2.76. The quantitative estimate of drug-likeness (QED) is 0.923. The standard InChI is InChI=1S/C17H21N3O3S/c1-12-10-14-4-3-7-18-16(14)15(11-12)19-17(21)13-5-8-20(9-6-13)24(2,22)23/h3-4,7,10-11,13H,5-6,8-9H2,1-2H3,(H,19,21). The zero-order valence-corrected chi connectivity index (χ0v) is 14.6. The molecule has 1 aromatic heterocycles. The molecule has 0 radical (unpaired) electrons. The van der Waals surface area contributed by atoms with Crippen molar-refractivity contribution in [1.29, 1.82) is 0 Å². The van der Waals surface area contributed by atoms with Gasteiger partial charge in [0.2, 0.25) is 15.9 Å². The number of nitrogens with zero attached hydrogens (tertiary/aromatic N) is 2. The number of anilines is 1. The molecule has 1 fully saturated rings. The number of piperidine rings is 1. The minimum Gasteiger partial charge on any atom is -0.324 e. The van der Waals surface area contributed by atoms with E-state index >= 15 is 0 Å². The van der Waals surface area contributed by atoms with Gasteiger partial charge in [0, 0.05) is 30.6 Å². The van der Waals surface area contributed by atoms with Crippen molar-refractivity contribution in [3.8, 4) is 0 Å². The number of amides is 1. The summed E-state index contributed by atoms with van der Waals surface area (Å²) < 4.78 is 24.5. The van der Waals surface area contributed by atoms with E-state index in [1.54, 1.807) is 6.20 Å². The molecule has 6 nitrogen and oxygen atoms in total. The van der Waals surface area contributed by atoms with E-state index in [0.717, 1.165) is 16.5 Å². The van der Waals surface area contributed by atoms with Gasteiger partial charge in [-0.25, -0.2) is 12.7 Å². The fourth-order valence-electron chi connectivity index (χ4n) is 3.12. The molecule has 0 aliphatic carbocycles. The molecule has 1 amide bonds. The van der Waals surface area contributed by atoms with Crippen molar-refractivity contribution in [1.82, 2.24) is 9.29 Å². The predicted octanol–water partition coefficient (Wildman–Crippen LogP) is 2.15. The highest BCUT2D eigenvalue weighted by Gasteiger charge is 2.29. The van der Waals surface area contributed by atoms with Crippen LogP contribution in [0, 0.1) is 12.8 Å². The van der Waals surface area contributed by atoms with Crippen molar-refractivity contribution in [3.63, 3.8) is 0 Å². The van der Waals surface area contributed by atoms with E-state index < -0.39 is 10.0 Å². The highest BCUT2D eigenvalue weighted by molar-refractivity contribution is 7.88. The Balaban J connectivity index is 1.75. The maximum Gasteiger partial charge on any atom is 0.227 e. The van der Waals surface area contributed by atoms with E-state index in [-0.39, 0.29) is 11.8 Å². The molecule has 0 bridgehead atoms. The number of sulfonamides is 1. The van der Waals surface area contributed by atoms with Crippen LogP contribution in [0.4, 0.5) is 5.69 Å². The Kier molecular flexibility index (Phi) is 4.56. The molecule has 7 heteroatoms. The molecule has 2 heterocycles. The maximum atomic E-state index is 12.6. The second kappa shape index (κ2) is 6.49. The van der Waals surface area contributed by atoms with E-state index in [4.69, 9.17) is 0 Å². The summed E-state index contributed by atoms with van der Waals surface area (Å²) in [5.74, 6) is -0.247. The molecule has 1 aromatic carbocycles. The Morgan fingerprint density at radius 3 is 2.67 bits per heavy atom. The van der Waals surface area contributed by atoms with Gasteiger partial charge >= 0.3 is 0 Å². The van der Waals surface area contributed by atoms with Crippen molar-refractivity contribution in [2.45, 2.75) is 19.8 Å².